The molecule has 1 amide bonds. The minimum Gasteiger partial charge on any atom is -0.359 e. The summed E-state index contributed by atoms with van der Waals surface area (Å²) in [6, 6.07) is 1.52. The minimum atomic E-state index is -0.451. The molecule has 0 spiro atoms. The number of carbonyl (C=O) groups excluding carboxylic acids is 1. The Kier molecular flexibility index (Phi) is 4.16. The predicted octanol–water partition coefficient (Wildman–Crippen LogP) is 1.26. The molecule has 0 bridgehead atoms. The maximum absolute atomic E-state index is 11.7. The van der Waals surface area contributed by atoms with Crippen LogP contribution in [0.2, 0.25) is 0 Å². The zero-order valence-electron chi connectivity index (χ0n) is 11.6. The Morgan fingerprint density at radius 3 is 2.95 bits per heavy atom. The van der Waals surface area contributed by atoms with Crippen molar-refractivity contribution in [3.8, 4) is 0 Å². The van der Waals surface area contributed by atoms with E-state index in [0.29, 0.717) is 6.54 Å². The Bertz CT molecular complexity index is 532. The third kappa shape index (κ3) is 2.87. The maximum Gasteiger partial charge on any atom is 0.287 e. The zero-order valence-corrected chi connectivity index (χ0v) is 11.6. The molecule has 1 saturated heterocycles. The lowest BCUT2D eigenvalue weighted by molar-refractivity contribution is -0.385. The van der Waals surface area contributed by atoms with Crippen LogP contribution >= 0.6 is 0 Å². The summed E-state index contributed by atoms with van der Waals surface area (Å²) in [7, 11) is 1.64. The molecule has 7 heteroatoms. The Labute approximate surface area is 117 Å². The molecule has 1 unspecified atom stereocenters. The Morgan fingerprint density at radius 2 is 2.35 bits per heavy atom. The first-order chi connectivity index (χ1) is 9.52. The summed E-state index contributed by atoms with van der Waals surface area (Å²) in [5.41, 5.74) is 0.753. The minimum absolute atomic E-state index is 0.00823. The molecular formula is C13H18N4O3. The highest BCUT2D eigenvalue weighted by Crippen LogP contribution is 2.26. The van der Waals surface area contributed by atoms with E-state index in [1.165, 1.54) is 12.3 Å². The quantitative estimate of drug-likeness (QED) is 0.664. The first kappa shape index (κ1) is 14.2. The first-order valence-electron chi connectivity index (χ1n) is 6.60. The van der Waals surface area contributed by atoms with Gasteiger partial charge in [-0.05, 0) is 25.3 Å². The summed E-state index contributed by atoms with van der Waals surface area (Å²) < 4.78 is 0. The number of amides is 1. The van der Waals surface area contributed by atoms with Crippen LogP contribution in [0.15, 0.2) is 12.3 Å². The lowest BCUT2D eigenvalue weighted by atomic mass is 9.97. The second-order valence-corrected chi connectivity index (χ2v) is 4.99. The van der Waals surface area contributed by atoms with E-state index in [0.717, 1.165) is 30.8 Å². The van der Waals surface area contributed by atoms with Gasteiger partial charge in [-0.3, -0.25) is 14.9 Å². The van der Waals surface area contributed by atoms with Crippen LogP contribution in [0.4, 0.5) is 11.5 Å². The summed E-state index contributed by atoms with van der Waals surface area (Å²) in [5, 5.41) is 13.4. The van der Waals surface area contributed by atoms with Gasteiger partial charge in [0.25, 0.3) is 5.69 Å². The molecule has 1 aromatic heterocycles. The van der Waals surface area contributed by atoms with E-state index in [1.807, 2.05) is 4.90 Å². The highest BCUT2D eigenvalue weighted by molar-refractivity contribution is 5.79. The number of rotatable bonds is 3. The molecule has 1 atom stereocenters. The number of carbonyl (C=O) groups is 1. The van der Waals surface area contributed by atoms with Crippen molar-refractivity contribution in [2.75, 3.05) is 25.0 Å². The van der Waals surface area contributed by atoms with E-state index in [-0.39, 0.29) is 17.5 Å². The van der Waals surface area contributed by atoms with E-state index >= 15 is 0 Å². The molecule has 20 heavy (non-hydrogen) atoms. The van der Waals surface area contributed by atoms with Crippen LogP contribution < -0.4 is 10.2 Å². The van der Waals surface area contributed by atoms with Crippen LogP contribution in [-0.4, -0.2) is 36.0 Å². The van der Waals surface area contributed by atoms with Gasteiger partial charge in [-0.25, -0.2) is 4.98 Å². The molecule has 7 nitrogen and oxygen atoms in total. The fourth-order valence-electron chi connectivity index (χ4n) is 2.57. The molecule has 2 rings (SSSR count). The number of aryl methyl sites for hydroxylation is 1. The SMILES string of the molecule is CNC(=O)C1CCCN(c2ncc([N+](=O)[O-])cc2C)C1. The van der Waals surface area contributed by atoms with Crippen molar-refractivity contribution in [1.82, 2.24) is 10.3 Å². The summed E-state index contributed by atoms with van der Waals surface area (Å²) >= 11 is 0. The van der Waals surface area contributed by atoms with Crippen molar-refractivity contribution >= 4 is 17.4 Å². The van der Waals surface area contributed by atoms with Crippen molar-refractivity contribution in [2.45, 2.75) is 19.8 Å². The van der Waals surface area contributed by atoms with Crippen molar-refractivity contribution in [3.05, 3.63) is 27.9 Å². The van der Waals surface area contributed by atoms with E-state index in [2.05, 4.69) is 10.3 Å². The highest BCUT2D eigenvalue weighted by Gasteiger charge is 2.26. The van der Waals surface area contributed by atoms with Gasteiger partial charge in [0.15, 0.2) is 0 Å². The number of hydrogen-bond acceptors (Lipinski definition) is 5. The van der Waals surface area contributed by atoms with E-state index in [9.17, 15) is 14.9 Å². The van der Waals surface area contributed by atoms with Gasteiger partial charge in [0.2, 0.25) is 5.91 Å². The number of anilines is 1. The van der Waals surface area contributed by atoms with E-state index in [4.69, 9.17) is 0 Å². The van der Waals surface area contributed by atoms with Crippen LogP contribution in [-0.2, 0) is 4.79 Å². The third-order valence-electron chi connectivity index (χ3n) is 3.59. The highest BCUT2D eigenvalue weighted by atomic mass is 16.6. The molecular weight excluding hydrogens is 260 g/mol. The maximum atomic E-state index is 11.7. The first-order valence-corrected chi connectivity index (χ1v) is 6.60. The zero-order chi connectivity index (χ0) is 14.7. The Balaban J connectivity index is 2.19. The van der Waals surface area contributed by atoms with Gasteiger partial charge in [-0.2, -0.15) is 0 Å². The largest absolute Gasteiger partial charge is 0.359 e. The number of hydrogen-bond donors (Lipinski definition) is 1. The molecule has 108 valence electrons. The molecule has 1 aliphatic rings. The fraction of sp³-hybridized carbons (Fsp3) is 0.538. The van der Waals surface area contributed by atoms with E-state index in [1.54, 1.807) is 14.0 Å². The van der Waals surface area contributed by atoms with Gasteiger partial charge < -0.3 is 10.2 Å². The second-order valence-electron chi connectivity index (χ2n) is 4.99. The average molecular weight is 278 g/mol. The predicted molar refractivity (Wildman–Crippen MR) is 74.6 cm³/mol. The van der Waals surface area contributed by atoms with Gasteiger partial charge in [-0.15, -0.1) is 0 Å². The van der Waals surface area contributed by atoms with Gasteiger partial charge in [0.05, 0.1) is 10.8 Å². The van der Waals surface area contributed by atoms with Gasteiger partial charge >= 0.3 is 0 Å². The Hall–Kier alpha value is -2.18. The second kappa shape index (κ2) is 5.85. The molecule has 1 aromatic rings. The lowest BCUT2D eigenvalue weighted by Crippen LogP contribution is -2.42. The topological polar surface area (TPSA) is 88.4 Å². The molecule has 2 heterocycles. The van der Waals surface area contributed by atoms with Crippen LogP contribution in [0.5, 0.6) is 0 Å². The summed E-state index contributed by atoms with van der Waals surface area (Å²) in [6.45, 7) is 3.23. The van der Waals surface area contributed by atoms with Crippen molar-refractivity contribution < 1.29 is 9.72 Å². The fourth-order valence-corrected chi connectivity index (χ4v) is 2.57. The molecule has 1 fully saturated rings. The molecule has 1 N–H and O–H groups in total. The van der Waals surface area contributed by atoms with Crippen LogP contribution in [0, 0.1) is 23.0 Å². The van der Waals surface area contributed by atoms with Crippen molar-refractivity contribution in [2.24, 2.45) is 5.92 Å². The normalized spacial score (nSPS) is 18.7. The molecule has 0 aromatic carbocycles. The average Bonchev–Trinajstić information content (AvgIpc) is 2.46. The molecule has 1 aliphatic heterocycles. The van der Waals surface area contributed by atoms with E-state index < -0.39 is 4.92 Å². The third-order valence-corrected chi connectivity index (χ3v) is 3.59. The Morgan fingerprint density at radius 1 is 1.60 bits per heavy atom. The number of pyridine rings is 1. The summed E-state index contributed by atoms with van der Waals surface area (Å²) in [5.74, 6) is 0.712. The molecule has 0 aliphatic carbocycles. The number of nitro groups is 1. The standard InChI is InChI=1S/C13H18N4O3/c1-9-6-11(17(19)20)7-15-12(9)16-5-3-4-10(8-16)13(18)14-2/h6-7,10H,3-5,8H2,1-2H3,(H,14,18). The van der Waals surface area contributed by atoms with Crippen LogP contribution in [0.1, 0.15) is 18.4 Å². The van der Waals surface area contributed by atoms with Crippen molar-refractivity contribution in [3.63, 3.8) is 0 Å². The van der Waals surface area contributed by atoms with Crippen LogP contribution in [0.25, 0.3) is 0 Å². The number of aromatic nitrogens is 1. The number of piperidine rings is 1. The monoisotopic (exact) mass is 278 g/mol. The smallest absolute Gasteiger partial charge is 0.287 e. The number of nitrogens with one attached hydrogen (secondary N) is 1. The number of nitrogens with zero attached hydrogens (tertiary/aromatic N) is 3. The molecule has 0 radical (unpaired) electrons. The van der Waals surface area contributed by atoms with Crippen LogP contribution in [0.3, 0.4) is 0 Å². The lowest BCUT2D eigenvalue weighted by Gasteiger charge is -2.33. The van der Waals surface area contributed by atoms with Crippen molar-refractivity contribution in [1.29, 1.82) is 0 Å². The molecule has 0 saturated carbocycles. The van der Waals surface area contributed by atoms with Gasteiger partial charge in [0.1, 0.15) is 12.0 Å². The van der Waals surface area contributed by atoms with Gasteiger partial charge in [0, 0.05) is 26.2 Å². The summed E-state index contributed by atoms with van der Waals surface area (Å²) in [6.07, 6.45) is 3.05. The van der Waals surface area contributed by atoms with Gasteiger partial charge in [-0.1, -0.05) is 0 Å². The summed E-state index contributed by atoms with van der Waals surface area (Å²) in [4.78, 5) is 28.2.